The third-order valence-corrected chi connectivity index (χ3v) is 6.63. The van der Waals surface area contributed by atoms with Crippen LogP contribution in [-0.2, 0) is 10.2 Å². The van der Waals surface area contributed by atoms with Crippen LogP contribution in [0.25, 0.3) is 11.2 Å². The van der Waals surface area contributed by atoms with Crippen LogP contribution in [0.4, 0.5) is 5.82 Å². The van der Waals surface area contributed by atoms with Crippen molar-refractivity contribution in [2.75, 3.05) is 19.0 Å². The molecule has 4 aromatic heterocycles. The van der Waals surface area contributed by atoms with Crippen LogP contribution in [0.1, 0.15) is 49.7 Å². The SMILES string of the molecule is COc1cccn2ncc(C(=O)Nc3cn4cc(C56COC(C)(C5)C6)nc4c(OC(C)C)n3)c12. The zero-order valence-electron chi connectivity index (χ0n) is 19.5. The van der Waals surface area contributed by atoms with E-state index in [0.29, 0.717) is 40.8 Å². The molecule has 7 rings (SSSR count). The van der Waals surface area contributed by atoms with Gasteiger partial charge in [-0.25, -0.2) is 9.50 Å². The predicted octanol–water partition coefficient (Wildman–Crippen LogP) is 3.25. The van der Waals surface area contributed by atoms with Gasteiger partial charge in [0.2, 0.25) is 5.65 Å². The van der Waals surface area contributed by atoms with E-state index < -0.39 is 0 Å². The molecule has 0 atom stereocenters. The van der Waals surface area contributed by atoms with Gasteiger partial charge in [0.05, 0.1) is 49.1 Å². The highest BCUT2D eigenvalue weighted by Crippen LogP contribution is 2.58. The lowest BCUT2D eigenvalue weighted by molar-refractivity contribution is 0.0154. The Morgan fingerprint density at radius 2 is 2.09 bits per heavy atom. The summed E-state index contributed by atoms with van der Waals surface area (Å²) in [4.78, 5) is 22.6. The number of anilines is 1. The van der Waals surface area contributed by atoms with Crippen molar-refractivity contribution in [1.29, 1.82) is 0 Å². The third-order valence-electron chi connectivity index (χ3n) is 6.63. The molecule has 34 heavy (non-hydrogen) atoms. The van der Waals surface area contributed by atoms with Gasteiger partial charge < -0.3 is 19.5 Å². The van der Waals surface area contributed by atoms with Crippen molar-refractivity contribution < 1.29 is 19.0 Å². The topological polar surface area (TPSA) is 104 Å². The Bertz CT molecular complexity index is 1430. The summed E-state index contributed by atoms with van der Waals surface area (Å²) in [6.07, 6.45) is 8.83. The highest BCUT2D eigenvalue weighted by Gasteiger charge is 2.61. The lowest BCUT2D eigenvalue weighted by Crippen LogP contribution is -2.45. The average Bonchev–Trinajstić information content (AvgIpc) is 3.53. The Hall–Kier alpha value is -3.66. The molecule has 0 aromatic carbocycles. The fraction of sp³-hybridized carbons (Fsp3) is 0.417. The standard InChI is InChI=1S/C24H26N6O4/c1-14(2)34-22-20-26-17(24-11-23(3,12-24)33-13-24)9-29(20)10-18(28-22)27-21(31)15-8-25-30-7-5-6-16(32-4)19(15)30/h5-10,14H,11-13H2,1-4H3,(H,27,31). The second-order valence-corrected chi connectivity index (χ2v) is 9.71. The predicted molar refractivity (Wildman–Crippen MR) is 124 cm³/mol. The molecule has 10 nitrogen and oxygen atoms in total. The number of fused-ring (bicyclic) bond motifs is 3. The molecule has 1 aliphatic carbocycles. The zero-order chi connectivity index (χ0) is 23.7. The van der Waals surface area contributed by atoms with Gasteiger partial charge in [0.15, 0.2) is 5.82 Å². The first-order valence-corrected chi connectivity index (χ1v) is 11.3. The van der Waals surface area contributed by atoms with Crippen LogP contribution in [0.15, 0.2) is 36.9 Å². The minimum Gasteiger partial charge on any atom is -0.494 e. The van der Waals surface area contributed by atoms with Gasteiger partial charge in [-0.2, -0.15) is 10.1 Å². The first-order chi connectivity index (χ1) is 16.3. The molecule has 1 amide bonds. The second kappa shape index (κ2) is 7.17. The van der Waals surface area contributed by atoms with E-state index in [1.54, 1.807) is 30.1 Å². The fourth-order valence-electron chi connectivity index (χ4n) is 5.27. The Balaban J connectivity index is 1.37. The summed E-state index contributed by atoms with van der Waals surface area (Å²) in [5.74, 6) is 0.931. The van der Waals surface area contributed by atoms with E-state index in [-0.39, 0.29) is 23.0 Å². The average molecular weight is 463 g/mol. The lowest BCUT2D eigenvalue weighted by atomic mass is 9.62. The summed E-state index contributed by atoms with van der Waals surface area (Å²) < 4.78 is 20.8. The number of carbonyl (C=O) groups is 1. The summed E-state index contributed by atoms with van der Waals surface area (Å²) >= 11 is 0. The van der Waals surface area contributed by atoms with Crippen molar-refractivity contribution in [1.82, 2.24) is 24.0 Å². The molecule has 6 heterocycles. The van der Waals surface area contributed by atoms with E-state index in [9.17, 15) is 4.79 Å². The van der Waals surface area contributed by atoms with Crippen LogP contribution >= 0.6 is 0 Å². The van der Waals surface area contributed by atoms with Crippen molar-refractivity contribution in [3.05, 3.63) is 48.2 Å². The van der Waals surface area contributed by atoms with Crippen molar-refractivity contribution in [2.45, 2.75) is 50.7 Å². The number of methoxy groups -OCH3 is 1. The maximum absolute atomic E-state index is 13.2. The van der Waals surface area contributed by atoms with Gasteiger partial charge in [-0.1, -0.05) is 0 Å². The summed E-state index contributed by atoms with van der Waals surface area (Å²) in [7, 11) is 1.56. The van der Waals surface area contributed by atoms with Crippen LogP contribution in [0.2, 0.25) is 0 Å². The van der Waals surface area contributed by atoms with E-state index in [1.807, 2.05) is 30.5 Å². The van der Waals surface area contributed by atoms with Gasteiger partial charge in [0, 0.05) is 17.8 Å². The number of ether oxygens (including phenoxy) is 3. The van der Waals surface area contributed by atoms with Gasteiger partial charge in [-0.3, -0.25) is 9.20 Å². The maximum Gasteiger partial charge on any atom is 0.260 e. The van der Waals surface area contributed by atoms with Crippen LogP contribution in [0, 0.1) is 0 Å². The van der Waals surface area contributed by atoms with E-state index >= 15 is 0 Å². The van der Waals surface area contributed by atoms with Gasteiger partial charge in [0.1, 0.15) is 11.3 Å². The van der Waals surface area contributed by atoms with Gasteiger partial charge in [0.25, 0.3) is 11.8 Å². The molecule has 0 spiro atoms. The molecule has 4 aromatic rings. The smallest absolute Gasteiger partial charge is 0.260 e. The summed E-state index contributed by atoms with van der Waals surface area (Å²) in [6, 6.07) is 3.60. The van der Waals surface area contributed by atoms with Crippen LogP contribution in [0.5, 0.6) is 11.6 Å². The van der Waals surface area contributed by atoms with E-state index in [0.717, 1.165) is 18.5 Å². The molecular formula is C24H26N6O4. The third kappa shape index (κ3) is 3.12. The fourth-order valence-corrected chi connectivity index (χ4v) is 5.27. The summed E-state index contributed by atoms with van der Waals surface area (Å²) in [6.45, 7) is 6.67. The lowest BCUT2D eigenvalue weighted by Gasteiger charge is -2.41. The Kier molecular flexibility index (Phi) is 4.41. The number of rotatable bonds is 6. The molecule has 1 saturated carbocycles. The Morgan fingerprint density at radius 1 is 1.26 bits per heavy atom. The summed E-state index contributed by atoms with van der Waals surface area (Å²) in [5, 5.41) is 7.15. The molecule has 0 unspecified atom stereocenters. The largest absolute Gasteiger partial charge is 0.494 e. The number of aromatic nitrogens is 5. The normalized spacial score (nSPS) is 23.4. The first kappa shape index (κ1) is 20.9. The van der Waals surface area contributed by atoms with E-state index in [2.05, 4.69) is 22.3 Å². The van der Waals surface area contributed by atoms with Crippen molar-refractivity contribution >= 4 is 22.9 Å². The monoisotopic (exact) mass is 462 g/mol. The molecule has 3 fully saturated rings. The van der Waals surface area contributed by atoms with Crippen LogP contribution in [-0.4, -0.2) is 55.3 Å². The molecule has 3 aliphatic rings. The Labute approximate surface area is 195 Å². The molecule has 2 aliphatic heterocycles. The molecule has 2 bridgehead atoms. The maximum atomic E-state index is 13.2. The van der Waals surface area contributed by atoms with Crippen LogP contribution < -0.4 is 14.8 Å². The number of hydrogen-bond acceptors (Lipinski definition) is 7. The van der Waals surface area contributed by atoms with Crippen molar-refractivity contribution in [3.63, 3.8) is 0 Å². The van der Waals surface area contributed by atoms with Crippen molar-refractivity contribution in [2.24, 2.45) is 0 Å². The first-order valence-electron chi connectivity index (χ1n) is 11.3. The minimum absolute atomic E-state index is 0.0418. The second-order valence-electron chi connectivity index (χ2n) is 9.71. The number of carbonyl (C=O) groups excluding carboxylic acids is 1. The number of nitrogens with zero attached hydrogens (tertiary/aromatic N) is 5. The van der Waals surface area contributed by atoms with Gasteiger partial charge in [-0.05, 0) is 45.7 Å². The highest BCUT2D eigenvalue weighted by atomic mass is 16.5. The molecule has 10 heteroatoms. The molecule has 0 radical (unpaired) electrons. The number of pyridine rings is 1. The highest BCUT2D eigenvalue weighted by molar-refractivity contribution is 6.09. The number of hydrogen-bond donors (Lipinski definition) is 1. The molecular weight excluding hydrogens is 436 g/mol. The van der Waals surface area contributed by atoms with Crippen molar-refractivity contribution in [3.8, 4) is 11.6 Å². The van der Waals surface area contributed by atoms with Gasteiger partial charge in [-0.15, -0.1) is 0 Å². The molecule has 2 saturated heterocycles. The quantitative estimate of drug-likeness (QED) is 0.469. The van der Waals surface area contributed by atoms with Crippen LogP contribution in [0.3, 0.4) is 0 Å². The van der Waals surface area contributed by atoms with E-state index in [4.69, 9.17) is 19.2 Å². The number of amides is 1. The number of imidazole rings is 1. The minimum atomic E-state index is -0.347. The van der Waals surface area contributed by atoms with Gasteiger partial charge >= 0.3 is 0 Å². The molecule has 176 valence electrons. The van der Waals surface area contributed by atoms with E-state index in [1.165, 1.54) is 6.20 Å². The number of nitrogens with one attached hydrogen (secondary N) is 1. The molecule has 1 N–H and O–H groups in total. The summed E-state index contributed by atoms with van der Waals surface area (Å²) in [5.41, 5.74) is 2.45. The Morgan fingerprint density at radius 3 is 2.79 bits per heavy atom. The zero-order valence-corrected chi connectivity index (χ0v) is 19.5.